The number of anilines is 1. The second kappa shape index (κ2) is 9.43. The number of nitro groups is 1. The molecule has 0 saturated heterocycles. The van der Waals surface area contributed by atoms with Crippen LogP contribution in [0.15, 0.2) is 70.4 Å². The number of non-ortho nitro benzene ring substituents is 1. The number of nitrogens with zero attached hydrogens (tertiary/aromatic N) is 3. The molecule has 1 amide bonds. The molecule has 0 bridgehead atoms. The second-order valence-corrected chi connectivity index (χ2v) is 7.24. The van der Waals surface area contributed by atoms with E-state index in [9.17, 15) is 14.9 Å². The van der Waals surface area contributed by atoms with E-state index in [2.05, 4.69) is 10.4 Å². The molecule has 1 aromatic heterocycles. The van der Waals surface area contributed by atoms with Gasteiger partial charge in [0.05, 0.1) is 43.3 Å². The highest BCUT2D eigenvalue weighted by atomic mass is 16.6. The zero-order valence-electron chi connectivity index (χ0n) is 18.1. The van der Waals surface area contributed by atoms with Gasteiger partial charge in [-0.3, -0.25) is 14.9 Å². The molecule has 1 atom stereocenters. The Hall–Kier alpha value is -4.34. The summed E-state index contributed by atoms with van der Waals surface area (Å²) in [7, 11) is 3.05. The predicted molar refractivity (Wildman–Crippen MR) is 121 cm³/mol. The van der Waals surface area contributed by atoms with Crippen LogP contribution in [-0.4, -0.2) is 42.3 Å². The number of amides is 1. The standard InChI is InChI=1S/C23H22N4O6/c1-31-17-8-5-15(6-9-17)18-13-20(22-4-3-11-33-22)26(25-18)23(28)14-24-19-12-16(27(29)30)7-10-21(19)32-2/h3-12,20,24H,13-14H2,1-2H3/t20-/m1/s1. The highest BCUT2D eigenvalue weighted by Crippen LogP contribution is 2.34. The molecule has 0 aliphatic carbocycles. The van der Waals surface area contributed by atoms with Crippen LogP contribution in [0.1, 0.15) is 23.8 Å². The summed E-state index contributed by atoms with van der Waals surface area (Å²) in [6.45, 7) is -0.145. The maximum absolute atomic E-state index is 13.1. The van der Waals surface area contributed by atoms with E-state index < -0.39 is 11.0 Å². The van der Waals surface area contributed by atoms with Gasteiger partial charge >= 0.3 is 0 Å². The SMILES string of the molecule is COc1ccc(C2=NN(C(=O)CNc3cc([N+](=O)[O-])ccc3OC)[C@@H](c3ccco3)C2)cc1. The van der Waals surface area contributed by atoms with E-state index in [-0.39, 0.29) is 18.1 Å². The van der Waals surface area contributed by atoms with Crippen molar-refractivity contribution in [3.63, 3.8) is 0 Å². The molecule has 0 fully saturated rings. The third kappa shape index (κ3) is 4.64. The molecular weight excluding hydrogens is 428 g/mol. The molecule has 170 valence electrons. The molecule has 0 saturated carbocycles. The summed E-state index contributed by atoms with van der Waals surface area (Å²) in [6, 6.07) is 14.7. The van der Waals surface area contributed by atoms with Crippen molar-refractivity contribution in [2.24, 2.45) is 5.10 Å². The summed E-state index contributed by atoms with van der Waals surface area (Å²) < 4.78 is 16.0. The zero-order chi connectivity index (χ0) is 23.4. The van der Waals surface area contributed by atoms with Crippen LogP contribution in [0.25, 0.3) is 0 Å². The van der Waals surface area contributed by atoms with Crippen LogP contribution in [0, 0.1) is 10.1 Å². The molecule has 4 rings (SSSR count). The largest absolute Gasteiger partial charge is 0.497 e. The Bertz CT molecular complexity index is 1170. The van der Waals surface area contributed by atoms with Crippen LogP contribution >= 0.6 is 0 Å². The fourth-order valence-electron chi connectivity index (χ4n) is 3.60. The number of methoxy groups -OCH3 is 2. The summed E-state index contributed by atoms with van der Waals surface area (Å²) in [6.07, 6.45) is 2.03. The molecule has 0 unspecified atom stereocenters. The van der Waals surface area contributed by atoms with Crippen molar-refractivity contribution >= 4 is 23.0 Å². The van der Waals surface area contributed by atoms with Gasteiger partial charge in [0, 0.05) is 18.6 Å². The first-order chi connectivity index (χ1) is 16.0. The average Bonchev–Trinajstić information content (AvgIpc) is 3.52. The van der Waals surface area contributed by atoms with Crippen molar-refractivity contribution in [3.8, 4) is 11.5 Å². The smallest absolute Gasteiger partial charge is 0.271 e. The molecule has 3 aromatic rings. The van der Waals surface area contributed by atoms with Gasteiger partial charge in [0.1, 0.15) is 23.3 Å². The minimum absolute atomic E-state index is 0.111. The van der Waals surface area contributed by atoms with Crippen LogP contribution in [0.5, 0.6) is 11.5 Å². The van der Waals surface area contributed by atoms with E-state index in [1.165, 1.54) is 30.3 Å². The van der Waals surface area contributed by atoms with Gasteiger partial charge in [-0.1, -0.05) is 0 Å². The number of carbonyl (C=O) groups excluding carboxylic acids is 1. The summed E-state index contributed by atoms with van der Waals surface area (Å²) >= 11 is 0. The van der Waals surface area contributed by atoms with Crippen LogP contribution < -0.4 is 14.8 Å². The van der Waals surface area contributed by atoms with Crippen LogP contribution in [0.4, 0.5) is 11.4 Å². The molecule has 0 spiro atoms. The third-order valence-electron chi connectivity index (χ3n) is 5.28. The molecule has 33 heavy (non-hydrogen) atoms. The zero-order valence-corrected chi connectivity index (χ0v) is 18.1. The molecule has 2 aromatic carbocycles. The van der Waals surface area contributed by atoms with E-state index in [1.807, 2.05) is 24.3 Å². The van der Waals surface area contributed by atoms with E-state index >= 15 is 0 Å². The predicted octanol–water partition coefficient (Wildman–Crippen LogP) is 3.99. The first-order valence-electron chi connectivity index (χ1n) is 10.1. The van der Waals surface area contributed by atoms with Gasteiger partial charge in [-0.2, -0.15) is 5.10 Å². The number of nitro benzene ring substituents is 1. The van der Waals surface area contributed by atoms with Crippen molar-refractivity contribution < 1.29 is 23.6 Å². The van der Waals surface area contributed by atoms with Gasteiger partial charge in [-0.25, -0.2) is 5.01 Å². The van der Waals surface area contributed by atoms with E-state index in [0.717, 1.165) is 17.0 Å². The Kier molecular flexibility index (Phi) is 6.25. The van der Waals surface area contributed by atoms with Gasteiger partial charge < -0.3 is 19.2 Å². The van der Waals surface area contributed by atoms with E-state index in [1.54, 1.807) is 25.5 Å². The first kappa shape index (κ1) is 21.9. The molecule has 2 heterocycles. The highest BCUT2D eigenvalue weighted by molar-refractivity contribution is 6.03. The number of furan rings is 1. The third-order valence-corrected chi connectivity index (χ3v) is 5.28. The van der Waals surface area contributed by atoms with E-state index in [0.29, 0.717) is 23.6 Å². The van der Waals surface area contributed by atoms with Crippen molar-refractivity contribution in [1.29, 1.82) is 0 Å². The number of benzene rings is 2. The fraction of sp³-hybridized carbons (Fsp3) is 0.217. The lowest BCUT2D eigenvalue weighted by Crippen LogP contribution is -2.32. The maximum atomic E-state index is 13.1. The number of carbonyl (C=O) groups is 1. The van der Waals surface area contributed by atoms with E-state index in [4.69, 9.17) is 13.9 Å². The summed E-state index contributed by atoms with van der Waals surface area (Å²) in [5.74, 6) is 1.40. The average molecular weight is 450 g/mol. The monoisotopic (exact) mass is 450 g/mol. The Morgan fingerprint density at radius 2 is 2.00 bits per heavy atom. The summed E-state index contributed by atoms with van der Waals surface area (Å²) in [5, 5.41) is 20.0. The Labute approximate surface area is 189 Å². The molecule has 1 aliphatic rings. The lowest BCUT2D eigenvalue weighted by Gasteiger charge is -2.20. The molecule has 10 heteroatoms. The number of hydrogen-bond acceptors (Lipinski definition) is 8. The highest BCUT2D eigenvalue weighted by Gasteiger charge is 2.34. The van der Waals surface area contributed by atoms with Gasteiger partial charge in [0.2, 0.25) is 0 Å². The first-order valence-corrected chi connectivity index (χ1v) is 10.1. The molecule has 0 radical (unpaired) electrons. The van der Waals surface area contributed by atoms with Crippen LogP contribution in [0.3, 0.4) is 0 Å². The molecule has 1 aliphatic heterocycles. The maximum Gasteiger partial charge on any atom is 0.271 e. The molecule has 1 N–H and O–H groups in total. The fourth-order valence-corrected chi connectivity index (χ4v) is 3.60. The minimum Gasteiger partial charge on any atom is -0.497 e. The summed E-state index contributed by atoms with van der Waals surface area (Å²) in [4.78, 5) is 23.7. The van der Waals surface area contributed by atoms with Crippen LogP contribution in [0.2, 0.25) is 0 Å². The van der Waals surface area contributed by atoms with Crippen molar-refractivity contribution in [3.05, 3.63) is 82.3 Å². The normalized spacial score (nSPS) is 15.2. The van der Waals surface area contributed by atoms with Gasteiger partial charge in [0.15, 0.2) is 0 Å². The van der Waals surface area contributed by atoms with Crippen molar-refractivity contribution in [2.45, 2.75) is 12.5 Å². The Morgan fingerprint density at radius 1 is 1.21 bits per heavy atom. The Morgan fingerprint density at radius 3 is 2.64 bits per heavy atom. The number of rotatable bonds is 8. The Balaban J connectivity index is 1.56. The number of hydrazone groups is 1. The van der Waals surface area contributed by atoms with Crippen molar-refractivity contribution in [1.82, 2.24) is 5.01 Å². The minimum atomic E-state index is -0.509. The molecular formula is C23H22N4O6. The lowest BCUT2D eigenvalue weighted by molar-refractivity contribution is -0.384. The topological polar surface area (TPSA) is 119 Å². The molecule has 10 nitrogen and oxygen atoms in total. The van der Waals surface area contributed by atoms with Gasteiger partial charge in [-0.15, -0.1) is 0 Å². The quantitative estimate of drug-likeness (QED) is 0.407. The van der Waals surface area contributed by atoms with Crippen LogP contribution in [-0.2, 0) is 4.79 Å². The van der Waals surface area contributed by atoms with Gasteiger partial charge in [-0.05, 0) is 48.0 Å². The number of ether oxygens (including phenoxy) is 2. The van der Waals surface area contributed by atoms with Crippen molar-refractivity contribution in [2.75, 3.05) is 26.1 Å². The second-order valence-electron chi connectivity index (χ2n) is 7.24. The number of hydrogen-bond donors (Lipinski definition) is 1. The number of nitrogens with one attached hydrogen (secondary N) is 1. The lowest BCUT2D eigenvalue weighted by atomic mass is 10.0. The van der Waals surface area contributed by atoms with Gasteiger partial charge in [0.25, 0.3) is 11.6 Å². The summed E-state index contributed by atoms with van der Waals surface area (Å²) in [5.41, 5.74) is 1.84.